The van der Waals surface area contributed by atoms with E-state index in [1.54, 1.807) is 0 Å². The zero-order valence-electron chi connectivity index (χ0n) is 12.3. The highest BCUT2D eigenvalue weighted by Crippen LogP contribution is 2.49. The van der Waals surface area contributed by atoms with Crippen LogP contribution in [0, 0.1) is 23.2 Å². The van der Waals surface area contributed by atoms with Crippen molar-refractivity contribution in [3.05, 3.63) is 0 Å². The average molecular weight is 262 g/mol. The smallest absolute Gasteiger partial charge is 0.0111 e. The zero-order valence-corrected chi connectivity index (χ0v) is 12.3. The van der Waals surface area contributed by atoms with E-state index in [4.69, 9.17) is 5.73 Å². The Bertz CT molecular complexity index is 322. The van der Waals surface area contributed by atoms with Crippen LogP contribution >= 0.6 is 0 Å². The topological polar surface area (TPSA) is 29.3 Å². The molecule has 3 aliphatic carbocycles. The van der Waals surface area contributed by atoms with Crippen LogP contribution in [0.1, 0.15) is 57.8 Å². The Morgan fingerprint density at radius 2 is 1.63 bits per heavy atom. The molecule has 4 fully saturated rings. The van der Waals surface area contributed by atoms with E-state index in [9.17, 15) is 0 Å². The summed E-state index contributed by atoms with van der Waals surface area (Å²) in [6, 6.07) is 0.529. The van der Waals surface area contributed by atoms with Crippen LogP contribution in [0.25, 0.3) is 0 Å². The van der Waals surface area contributed by atoms with Gasteiger partial charge >= 0.3 is 0 Å². The minimum atomic E-state index is 0.529. The van der Waals surface area contributed by atoms with Crippen LogP contribution in [0.5, 0.6) is 0 Å². The van der Waals surface area contributed by atoms with Crippen LogP contribution in [-0.4, -0.2) is 30.6 Å². The highest BCUT2D eigenvalue weighted by atomic mass is 15.1. The fourth-order valence-electron chi connectivity index (χ4n) is 5.86. The second-order valence-corrected chi connectivity index (χ2v) is 8.08. The van der Waals surface area contributed by atoms with Gasteiger partial charge in [-0.1, -0.05) is 12.8 Å². The molecule has 4 unspecified atom stereocenters. The predicted molar refractivity (Wildman–Crippen MR) is 78.9 cm³/mol. The molecule has 19 heavy (non-hydrogen) atoms. The molecule has 2 bridgehead atoms. The second-order valence-electron chi connectivity index (χ2n) is 8.08. The molecule has 108 valence electrons. The maximum Gasteiger partial charge on any atom is 0.0111 e. The van der Waals surface area contributed by atoms with Crippen LogP contribution < -0.4 is 5.73 Å². The van der Waals surface area contributed by atoms with Gasteiger partial charge in [-0.2, -0.15) is 0 Å². The van der Waals surface area contributed by atoms with Crippen molar-refractivity contribution < 1.29 is 0 Å². The number of nitrogens with zero attached hydrogens (tertiary/aromatic N) is 1. The van der Waals surface area contributed by atoms with Gasteiger partial charge in [-0.05, 0) is 81.2 Å². The van der Waals surface area contributed by atoms with Gasteiger partial charge in [0.15, 0.2) is 0 Å². The Kier molecular flexibility index (Phi) is 3.15. The summed E-state index contributed by atoms with van der Waals surface area (Å²) >= 11 is 0. The van der Waals surface area contributed by atoms with Gasteiger partial charge in [0.25, 0.3) is 0 Å². The van der Waals surface area contributed by atoms with Crippen LogP contribution in [0.15, 0.2) is 0 Å². The van der Waals surface area contributed by atoms with Crippen molar-refractivity contribution >= 4 is 0 Å². The molecular weight excluding hydrogens is 232 g/mol. The lowest BCUT2D eigenvalue weighted by Crippen LogP contribution is -2.46. The Balaban J connectivity index is 1.33. The molecule has 2 nitrogen and oxygen atoms in total. The maximum atomic E-state index is 6.47. The van der Waals surface area contributed by atoms with Crippen LogP contribution in [-0.2, 0) is 0 Å². The Morgan fingerprint density at radius 3 is 2.26 bits per heavy atom. The highest BCUT2D eigenvalue weighted by molar-refractivity contribution is 5.00. The van der Waals surface area contributed by atoms with E-state index in [2.05, 4.69) is 4.90 Å². The van der Waals surface area contributed by atoms with Gasteiger partial charge in [0.05, 0.1) is 0 Å². The number of likely N-dealkylation sites (tertiary alicyclic amines) is 1. The van der Waals surface area contributed by atoms with Crippen LogP contribution in [0.2, 0.25) is 0 Å². The predicted octanol–water partition coefficient (Wildman–Crippen LogP) is 3.02. The maximum absolute atomic E-state index is 6.47. The first-order valence-corrected chi connectivity index (χ1v) is 8.74. The van der Waals surface area contributed by atoms with Gasteiger partial charge < -0.3 is 10.6 Å². The molecule has 4 aliphatic rings. The lowest BCUT2D eigenvalue weighted by atomic mass is 9.76. The summed E-state index contributed by atoms with van der Waals surface area (Å²) in [6.07, 6.45) is 13.3. The number of nitrogens with two attached hydrogens (primary N) is 1. The zero-order chi connectivity index (χ0) is 12.9. The quantitative estimate of drug-likeness (QED) is 0.829. The molecule has 2 N–H and O–H groups in total. The van der Waals surface area contributed by atoms with Crippen molar-refractivity contribution in [2.75, 3.05) is 19.6 Å². The number of rotatable bonds is 2. The summed E-state index contributed by atoms with van der Waals surface area (Å²) in [5, 5.41) is 0. The fourth-order valence-corrected chi connectivity index (χ4v) is 5.86. The molecule has 1 heterocycles. The van der Waals surface area contributed by atoms with Crippen LogP contribution in [0.4, 0.5) is 0 Å². The Hall–Kier alpha value is -0.0800. The third-order valence-electron chi connectivity index (χ3n) is 7.21. The summed E-state index contributed by atoms with van der Waals surface area (Å²) < 4.78 is 0. The standard InChI is InChI=1S/C17H30N2/c18-16-14-4-3-13(11-14)15(16)12-19-9-7-17(8-10-19)5-1-2-6-17/h13-16H,1-12,18H2. The SMILES string of the molecule is NC1C2CCC(C2)C1CN1CCC2(CCCC2)CC1. The number of fused-ring (bicyclic) bond motifs is 2. The van der Waals surface area contributed by atoms with E-state index in [1.165, 1.54) is 77.4 Å². The molecular formula is C17H30N2. The molecule has 2 heteroatoms. The summed E-state index contributed by atoms with van der Waals surface area (Å²) in [4.78, 5) is 2.76. The van der Waals surface area contributed by atoms with E-state index in [1.807, 2.05) is 0 Å². The first-order chi connectivity index (χ1) is 9.26. The first kappa shape index (κ1) is 12.6. The van der Waals surface area contributed by atoms with E-state index in [0.717, 1.165) is 23.2 Å². The average Bonchev–Trinajstić information content (AvgIpc) is 3.12. The third-order valence-corrected chi connectivity index (χ3v) is 7.21. The lowest BCUT2D eigenvalue weighted by molar-refractivity contribution is 0.0822. The van der Waals surface area contributed by atoms with Gasteiger partial charge in [-0.3, -0.25) is 0 Å². The van der Waals surface area contributed by atoms with E-state index in [-0.39, 0.29) is 0 Å². The molecule has 1 aliphatic heterocycles. The van der Waals surface area contributed by atoms with Gasteiger partial charge in [0, 0.05) is 12.6 Å². The molecule has 1 spiro atoms. The van der Waals surface area contributed by atoms with Crippen molar-refractivity contribution in [2.45, 2.75) is 63.8 Å². The molecule has 1 saturated heterocycles. The molecule has 4 rings (SSSR count). The van der Waals surface area contributed by atoms with Crippen molar-refractivity contribution in [3.63, 3.8) is 0 Å². The Morgan fingerprint density at radius 1 is 0.947 bits per heavy atom. The van der Waals surface area contributed by atoms with Gasteiger partial charge in [-0.15, -0.1) is 0 Å². The first-order valence-electron chi connectivity index (χ1n) is 8.74. The largest absolute Gasteiger partial charge is 0.327 e. The normalized spacial score (nSPS) is 45.3. The summed E-state index contributed by atoms with van der Waals surface area (Å²) in [5.74, 6) is 2.68. The minimum Gasteiger partial charge on any atom is -0.327 e. The van der Waals surface area contributed by atoms with Crippen LogP contribution in [0.3, 0.4) is 0 Å². The Labute approximate surface area is 118 Å². The number of piperidine rings is 1. The molecule has 0 aromatic heterocycles. The molecule has 0 aromatic carbocycles. The monoisotopic (exact) mass is 262 g/mol. The van der Waals surface area contributed by atoms with Gasteiger partial charge in [-0.25, -0.2) is 0 Å². The molecule has 3 saturated carbocycles. The fraction of sp³-hybridized carbons (Fsp3) is 1.00. The number of hydrogen-bond acceptors (Lipinski definition) is 2. The lowest BCUT2D eigenvalue weighted by Gasteiger charge is -2.42. The van der Waals surface area contributed by atoms with Gasteiger partial charge in [0.1, 0.15) is 0 Å². The van der Waals surface area contributed by atoms with Crippen molar-refractivity contribution in [1.82, 2.24) is 4.90 Å². The molecule has 0 aromatic rings. The van der Waals surface area contributed by atoms with E-state index >= 15 is 0 Å². The molecule has 0 amide bonds. The van der Waals surface area contributed by atoms with Crippen molar-refractivity contribution in [1.29, 1.82) is 0 Å². The summed E-state index contributed by atoms with van der Waals surface area (Å²) in [6.45, 7) is 4.04. The van der Waals surface area contributed by atoms with Gasteiger partial charge in [0.2, 0.25) is 0 Å². The minimum absolute atomic E-state index is 0.529. The van der Waals surface area contributed by atoms with E-state index in [0.29, 0.717) is 6.04 Å². The van der Waals surface area contributed by atoms with E-state index < -0.39 is 0 Å². The third kappa shape index (κ3) is 2.15. The summed E-state index contributed by atoms with van der Waals surface area (Å²) in [5.41, 5.74) is 7.24. The number of hydrogen-bond donors (Lipinski definition) is 1. The second kappa shape index (κ2) is 4.73. The highest BCUT2D eigenvalue weighted by Gasteiger charge is 2.46. The van der Waals surface area contributed by atoms with Crippen molar-refractivity contribution in [2.24, 2.45) is 28.9 Å². The van der Waals surface area contributed by atoms with Crippen molar-refractivity contribution in [3.8, 4) is 0 Å². The molecule has 4 atom stereocenters. The summed E-state index contributed by atoms with van der Waals surface area (Å²) in [7, 11) is 0. The molecule has 0 radical (unpaired) electrons.